The lowest BCUT2D eigenvalue weighted by molar-refractivity contribution is 0.386. The Bertz CT molecular complexity index is 522. The lowest BCUT2D eigenvalue weighted by Crippen LogP contribution is -1.74. The largest absolute Gasteiger partial charge is 0.349 e. The van der Waals surface area contributed by atoms with Gasteiger partial charge in [-0.2, -0.15) is 0 Å². The van der Waals surface area contributed by atoms with E-state index < -0.39 is 7.60 Å². The Morgan fingerprint density at radius 3 is 2.73 bits per heavy atom. The number of hydrogen-bond acceptors (Lipinski definition) is 2. The predicted octanol–water partition coefficient (Wildman–Crippen LogP) is 1.71. The molecule has 1 aromatic heterocycles. The molecule has 0 saturated carbocycles. The highest BCUT2D eigenvalue weighted by molar-refractivity contribution is 7.55. The highest BCUT2D eigenvalue weighted by Crippen LogP contribution is 2.36. The Hall–Kier alpha value is -1.42. The van der Waals surface area contributed by atoms with Gasteiger partial charge in [0.15, 0.2) is 0 Å². The molecule has 0 radical (unpaired) electrons. The van der Waals surface area contributed by atoms with Gasteiger partial charge in [0.05, 0.1) is 11.0 Å². The molecule has 0 saturated heterocycles. The lowest BCUT2D eigenvalue weighted by atomic mass is 10.3. The standard InChI is InChI=1S/C9H9N2O3P/c12-15(13,14)6-5-9-10-7-3-1-2-4-8(7)11-9/h1-6H,(H,10,11)(H2,12,13,14). The van der Waals surface area contributed by atoms with Gasteiger partial charge in [0, 0.05) is 5.82 Å². The van der Waals surface area contributed by atoms with Crippen LogP contribution in [-0.2, 0) is 4.57 Å². The van der Waals surface area contributed by atoms with Crippen LogP contribution < -0.4 is 0 Å². The molecule has 0 aliphatic carbocycles. The van der Waals surface area contributed by atoms with Crippen LogP contribution in [0.5, 0.6) is 0 Å². The number of H-pyrrole nitrogens is 1. The zero-order valence-corrected chi connectivity index (χ0v) is 8.56. The van der Waals surface area contributed by atoms with Crippen LogP contribution >= 0.6 is 7.60 Å². The molecule has 0 spiro atoms. The number of imidazole rings is 1. The molecule has 1 aromatic carbocycles. The topological polar surface area (TPSA) is 86.2 Å². The summed E-state index contributed by atoms with van der Waals surface area (Å²) in [7, 11) is -4.11. The summed E-state index contributed by atoms with van der Waals surface area (Å²) in [6.07, 6.45) is 1.28. The first kappa shape index (κ1) is 10.1. The number of nitrogens with zero attached hydrogens (tertiary/aromatic N) is 1. The Kier molecular flexibility index (Phi) is 2.44. The molecule has 15 heavy (non-hydrogen) atoms. The van der Waals surface area contributed by atoms with Crippen LogP contribution in [0.1, 0.15) is 5.82 Å². The third-order valence-electron chi connectivity index (χ3n) is 1.83. The molecule has 1 heterocycles. The van der Waals surface area contributed by atoms with Gasteiger partial charge in [-0.1, -0.05) is 12.1 Å². The molecular weight excluding hydrogens is 215 g/mol. The monoisotopic (exact) mass is 224 g/mol. The van der Waals surface area contributed by atoms with Crippen molar-refractivity contribution in [2.24, 2.45) is 0 Å². The van der Waals surface area contributed by atoms with E-state index in [1.165, 1.54) is 6.08 Å². The number of benzene rings is 1. The fourth-order valence-electron chi connectivity index (χ4n) is 1.22. The summed E-state index contributed by atoms with van der Waals surface area (Å²) in [6.45, 7) is 0. The van der Waals surface area contributed by atoms with Crippen LogP contribution in [0, 0.1) is 0 Å². The summed E-state index contributed by atoms with van der Waals surface area (Å²) in [5.74, 6) is 1.25. The molecule has 3 N–H and O–H groups in total. The summed E-state index contributed by atoms with van der Waals surface area (Å²) >= 11 is 0. The zero-order chi connectivity index (χ0) is 10.9. The SMILES string of the molecule is O=P(O)(O)C=Cc1nc2ccccc2[nH]1. The number of aromatic nitrogens is 2. The molecule has 0 aliphatic heterocycles. The summed E-state index contributed by atoms with van der Waals surface area (Å²) < 4.78 is 10.6. The maximum Gasteiger partial charge on any atom is 0.349 e. The third kappa shape index (κ3) is 2.53. The Morgan fingerprint density at radius 2 is 2.07 bits per heavy atom. The molecule has 0 amide bonds. The highest BCUT2D eigenvalue weighted by atomic mass is 31.2. The number of hydrogen-bond donors (Lipinski definition) is 3. The van der Waals surface area contributed by atoms with Crippen LogP contribution in [0.25, 0.3) is 17.1 Å². The third-order valence-corrected chi connectivity index (χ3v) is 2.37. The first-order chi connectivity index (χ1) is 7.04. The summed E-state index contributed by atoms with van der Waals surface area (Å²) in [5, 5.41) is 0. The Labute approximate surface area is 85.6 Å². The van der Waals surface area contributed by atoms with Crippen molar-refractivity contribution in [2.75, 3.05) is 0 Å². The van der Waals surface area contributed by atoms with Crippen molar-refractivity contribution in [3.05, 3.63) is 35.9 Å². The molecule has 0 atom stereocenters. The first-order valence-corrected chi connectivity index (χ1v) is 5.92. The smallest absolute Gasteiger partial charge is 0.338 e. The number of nitrogens with one attached hydrogen (secondary N) is 1. The van der Waals surface area contributed by atoms with Gasteiger partial charge in [0.25, 0.3) is 0 Å². The van der Waals surface area contributed by atoms with Gasteiger partial charge in [-0.15, -0.1) is 0 Å². The lowest BCUT2D eigenvalue weighted by Gasteiger charge is -1.91. The molecule has 2 aromatic rings. The second kappa shape index (κ2) is 3.62. The minimum Gasteiger partial charge on any atom is -0.338 e. The average molecular weight is 224 g/mol. The Morgan fingerprint density at radius 1 is 1.33 bits per heavy atom. The molecular formula is C9H9N2O3P. The van der Waals surface area contributed by atoms with Gasteiger partial charge in [-0.3, -0.25) is 4.57 Å². The van der Waals surface area contributed by atoms with Crippen molar-refractivity contribution in [2.45, 2.75) is 0 Å². The maximum absolute atomic E-state index is 10.6. The number of para-hydroxylation sites is 2. The van der Waals surface area contributed by atoms with E-state index in [2.05, 4.69) is 9.97 Å². The number of rotatable bonds is 2. The summed E-state index contributed by atoms with van der Waals surface area (Å²) in [4.78, 5) is 24.3. The van der Waals surface area contributed by atoms with Crippen LogP contribution in [0.2, 0.25) is 0 Å². The predicted molar refractivity (Wildman–Crippen MR) is 57.2 cm³/mol. The first-order valence-electron chi connectivity index (χ1n) is 4.24. The van der Waals surface area contributed by atoms with Gasteiger partial charge in [-0.05, 0) is 18.2 Å². The van der Waals surface area contributed by atoms with Crippen LogP contribution in [0.3, 0.4) is 0 Å². The van der Waals surface area contributed by atoms with E-state index in [-0.39, 0.29) is 0 Å². The molecule has 78 valence electrons. The Balaban J connectivity index is 2.38. The second-order valence-corrected chi connectivity index (χ2v) is 4.52. The molecule has 0 aliphatic rings. The van der Waals surface area contributed by atoms with Gasteiger partial charge < -0.3 is 14.8 Å². The van der Waals surface area contributed by atoms with E-state index in [0.717, 1.165) is 16.9 Å². The van der Waals surface area contributed by atoms with Crippen molar-refractivity contribution in [3.8, 4) is 0 Å². The van der Waals surface area contributed by atoms with Crippen molar-refractivity contribution in [1.29, 1.82) is 0 Å². The minimum atomic E-state index is -4.11. The van der Waals surface area contributed by atoms with Gasteiger partial charge in [0.2, 0.25) is 0 Å². The molecule has 2 rings (SSSR count). The molecule has 0 unspecified atom stereocenters. The van der Waals surface area contributed by atoms with Gasteiger partial charge in [-0.25, -0.2) is 4.98 Å². The quantitative estimate of drug-likeness (QED) is 0.678. The van der Waals surface area contributed by atoms with E-state index in [1.807, 2.05) is 24.3 Å². The highest BCUT2D eigenvalue weighted by Gasteiger charge is 2.06. The number of aromatic amines is 1. The van der Waals surface area contributed by atoms with Crippen LogP contribution in [0.15, 0.2) is 30.1 Å². The summed E-state index contributed by atoms with van der Waals surface area (Å²) in [5.41, 5.74) is 1.60. The number of fused-ring (bicyclic) bond motifs is 1. The van der Waals surface area contributed by atoms with Crippen molar-refractivity contribution < 1.29 is 14.4 Å². The molecule has 0 bridgehead atoms. The van der Waals surface area contributed by atoms with E-state index in [1.54, 1.807) is 0 Å². The normalized spacial score (nSPS) is 12.7. The van der Waals surface area contributed by atoms with Crippen molar-refractivity contribution in [3.63, 3.8) is 0 Å². The molecule has 6 heteroatoms. The molecule has 0 fully saturated rings. The van der Waals surface area contributed by atoms with Crippen molar-refractivity contribution >= 4 is 24.7 Å². The van der Waals surface area contributed by atoms with E-state index >= 15 is 0 Å². The fourth-order valence-corrected chi connectivity index (χ4v) is 1.55. The summed E-state index contributed by atoms with van der Waals surface area (Å²) in [6, 6.07) is 7.37. The van der Waals surface area contributed by atoms with Crippen LogP contribution in [0.4, 0.5) is 0 Å². The van der Waals surface area contributed by atoms with E-state index in [0.29, 0.717) is 5.82 Å². The molecule has 5 nitrogen and oxygen atoms in total. The minimum absolute atomic E-state index is 0.430. The van der Waals surface area contributed by atoms with Crippen LogP contribution in [-0.4, -0.2) is 19.8 Å². The average Bonchev–Trinajstić information content (AvgIpc) is 2.56. The van der Waals surface area contributed by atoms with E-state index in [9.17, 15) is 4.57 Å². The maximum atomic E-state index is 10.6. The fraction of sp³-hybridized carbons (Fsp3) is 0. The van der Waals surface area contributed by atoms with Crippen molar-refractivity contribution in [1.82, 2.24) is 9.97 Å². The van der Waals surface area contributed by atoms with E-state index in [4.69, 9.17) is 9.79 Å². The second-order valence-electron chi connectivity index (χ2n) is 3.04. The van der Waals surface area contributed by atoms with Gasteiger partial charge >= 0.3 is 7.60 Å². The zero-order valence-electron chi connectivity index (χ0n) is 7.66. The van der Waals surface area contributed by atoms with Gasteiger partial charge in [0.1, 0.15) is 5.82 Å².